The second kappa shape index (κ2) is 10.8. The lowest BCUT2D eigenvalue weighted by atomic mass is 10.0. The molecule has 0 heterocycles. The molecule has 2 aromatic rings. The third-order valence-electron chi connectivity index (χ3n) is 3.93. The molecule has 2 rings (SSSR count). The molecule has 0 amide bonds. The van der Waals surface area contributed by atoms with Crippen LogP contribution in [0.1, 0.15) is 41.3 Å². The number of nitrogens with one attached hydrogen (secondary N) is 1. The number of rotatable bonds is 6. The van der Waals surface area contributed by atoms with Crippen LogP contribution < -0.4 is 15.8 Å². The van der Waals surface area contributed by atoms with Gasteiger partial charge in [-0.1, -0.05) is 32.0 Å². The summed E-state index contributed by atoms with van der Waals surface area (Å²) < 4.78 is 9.98. The molecule has 146 valence electrons. The molecule has 0 aromatic heterocycles. The van der Waals surface area contributed by atoms with E-state index in [4.69, 9.17) is 15.2 Å². The standard InChI is InChI=1S/C20H25N3O3.HI/c1-13(2)15-6-5-7-16(11-15)23-20(21)22-12-14-8-9-17(19(24)26-4)18(10-14)25-3;/h5-11,13H,12H2,1-4H3,(H3,21,22,23);1H. The average molecular weight is 483 g/mol. The van der Waals surface area contributed by atoms with E-state index in [-0.39, 0.29) is 24.0 Å². The van der Waals surface area contributed by atoms with E-state index in [0.717, 1.165) is 11.3 Å². The van der Waals surface area contributed by atoms with E-state index in [2.05, 4.69) is 36.3 Å². The first-order chi connectivity index (χ1) is 12.4. The van der Waals surface area contributed by atoms with Crippen molar-refractivity contribution in [2.45, 2.75) is 26.3 Å². The maximum atomic E-state index is 11.7. The number of benzene rings is 2. The Hall–Kier alpha value is -2.29. The highest BCUT2D eigenvalue weighted by Crippen LogP contribution is 2.22. The summed E-state index contributed by atoms with van der Waals surface area (Å²) in [4.78, 5) is 16.0. The lowest BCUT2D eigenvalue weighted by molar-refractivity contribution is 0.0597. The van der Waals surface area contributed by atoms with Crippen molar-refractivity contribution in [2.24, 2.45) is 10.7 Å². The van der Waals surface area contributed by atoms with Crippen molar-refractivity contribution >= 4 is 41.6 Å². The summed E-state index contributed by atoms with van der Waals surface area (Å²) in [6.45, 7) is 4.64. The summed E-state index contributed by atoms with van der Waals surface area (Å²) in [6.07, 6.45) is 0. The van der Waals surface area contributed by atoms with Gasteiger partial charge in [0.1, 0.15) is 11.3 Å². The Morgan fingerprint density at radius 1 is 1.19 bits per heavy atom. The van der Waals surface area contributed by atoms with Crippen LogP contribution in [0.3, 0.4) is 0 Å². The van der Waals surface area contributed by atoms with E-state index < -0.39 is 5.97 Å². The summed E-state index contributed by atoms with van der Waals surface area (Å²) in [5, 5.41) is 3.10. The van der Waals surface area contributed by atoms with Crippen molar-refractivity contribution in [1.82, 2.24) is 0 Å². The van der Waals surface area contributed by atoms with Crippen molar-refractivity contribution in [1.29, 1.82) is 0 Å². The number of anilines is 1. The fourth-order valence-electron chi connectivity index (χ4n) is 2.45. The third-order valence-corrected chi connectivity index (χ3v) is 3.93. The second-order valence-electron chi connectivity index (χ2n) is 6.13. The molecule has 0 saturated carbocycles. The zero-order valence-electron chi connectivity index (χ0n) is 16.0. The molecular weight excluding hydrogens is 457 g/mol. The van der Waals surface area contributed by atoms with Gasteiger partial charge in [0, 0.05) is 5.69 Å². The zero-order valence-corrected chi connectivity index (χ0v) is 18.3. The van der Waals surface area contributed by atoms with E-state index in [9.17, 15) is 4.79 Å². The van der Waals surface area contributed by atoms with Gasteiger partial charge >= 0.3 is 5.97 Å². The number of ether oxygens (including phenoxy) is 2. The minimum absolute atomic E-state index is 0. The van der Waals surface area contributed by atoms with Crippen LogP contribution in [0, 0.1) is 0 Å². The quantitative estimate of drug-likeness (QED) is 0.279. The van der Waals surface area contributed by atoms with Gasteiger partial charge in [-0.25, -0.2) is 9.79 Å². The normalized spacial score (nSPS) is 10.9. The van der Waals surface area contributed by atoms with Gasteiger partial charge in [-0.05, 0) is 41.3 Å². The number of guanidine groups is 1. The first-order valence-electron chi connectivity index (χ1n) is 8.36. The van der Waals surface area contributed by atoms with Gasteiger partial charge in [0.25, 0.3) is 0 Å². The third kappa shape index (κ3) is 6.42. The van der Waals surface area contributed by atoms with E-state index in [1.165, 1.54) is 19.8 Å². The Kier molecular flexibility index (Phi) is 9.07. The Morgan fingerprint density at radius 3 is 2.56 bits per heavy atom. The average Bonchev–Trinajstić information content (AvgIpc) is 2.65. The number of methoxy groups -OCH3 is 2. The number of esters is 1. The monoisotopic (exact) mass is 483 g/mol. The number of carbonyl (C=O) groups is 1. The van der Waals surface area contributed by atoms with Crippen molar-refractivity contribution < 1.29 is 14.3 Å². The second-order valence-corrected chi connectivity index (χ2v) is 6.13. The summed E-state index contributed by atoms with van der Waals surface area (Å²) in [5.41, 5.74) is 9.36. The van der Waals surface area contributed by atoms with Crippen LogP contribution in [-0.2, 0) is 11.3 Å². The summed E-state index contributed by atoms with van der Waals surface area (Å²) in [6, 6.07) is 13.3. The SMILES string of the molecule is COC(=O)c1ccc(CN=C(N)Nc2cccc(C(C)C)c2)cc1OC.I. The molecule has 0 saturated heterocycles. The van der Waals surface area contributed by atoms with Crippen molar-refractivity contribution in [3.63, 3.8) is 0 Å². The number of halogens is 1. The number of hydrogen-bond acceptors (Lipinski definition) is 4. The van der Waals surface area contributed by atoms with Gasteiger partial charge < -0.3 is 20.5 Å². The highest BCUT2D eigenvalue weighted by atomic mass is 127. The smallest absolute Gasteiger partial charge is 0.341 e. The molecule has 3 N–H and O–H groups in total. The molecule has 0 unspecified atom stereocenters. The maximum absolute atomic E-state index is 11.7. The molecule has 27 heavy (non-hydrogen) atoms. The van der Waals surface area contributed by atoms with Crippen LogP contribution >= 0.6 is 24.0 Å². The Bertz CT molecular complexity index is 807. The topological polar surface area (TPSA) is 85.9 Å². The van der Waals surface area contributed by atoms with Gasteiger partial charge in [-0.3, -0.25) is 0 Å². The van der Waals surface area contributed by atoms with E-state index in [1.807, 2.05) is 12.1 Å². The van der Waals surface area contributed by atoms with Crippen molar-refractivity contribution in [2.75, 3.05) is 19.5 Å². The molecule has 0 radical (unpaired) electrons. The van der Waals surface area contributed by atoms with E-state index >= 15 is 0 Å². The first kappa shape index (κ1) is 22.8. The fourth-order valence-corrected chi connectivity index (χ4v) is 2.45. The van der Waals surface area contributed by atoms with E-state index in [0.29, 0.717) is 29.7 Å². The maximum Gasteiger partial charge on any atom is 0.341 e. The highest BCUT2D eigenvalue weighted by Gasteiger charge is 2.12. The fraction of sp³-hybridized carbons (Fsp3) is 0.300. The molecule has 0 bridgehead atoms. The summed E-state index contributed by atoms with van der Waals surface area (Å²) in [7, 11) is 2.84. The molecule has 0 atom stereocenters. The molecule has 7 heteroatoms. The Labute approximate surface area is 177 Å². The molecule has 2 aromatic carbocycles. The molecule has 0 fully saturated rings. The largest absolute Gasteiger partial charge is 0.496 e. The van der Waals surface area contributed by atoms with Gasteiger partial charge in [-0.2, -0.15) is 0 Å². The van der Waals surface area contributed by atoms with Crippen molar-refractivity contribution in [3.8, 4) is 5.75 Å². The first-order valence-corrected chi connectivity index (χ1v) is 8.36. The number of carbonyl (C=O) groups excluding carboxylic acids is 1. The Balaban J connectivity index is 0.00000364. The minimum atomic E-state index is -0.442. The van der Waals surface area contributed by atoms with Gasteiger partial charge in [-0.15, -0.1) is 24.0 Å². The van der Waals surface area contributed by atoms with Gasteiger partial charge in [0.05, 0.1) is 20.8 Å². The molecule has 0 aliphatic carbocycles. The van der Waals surface area contributed by atoms with Crippen LogP contribution in [0.2, 0.25) is 0 Å². The number of nitrogens with two attached hydrogens (primary N) is 1. The zero-order chi connectivity index (χ0) is 19.1. The molecule has 6 nitrogen and oxygen atoms in total. The van der Waals surface area contributed by atoms with Gasteiger partial charge in [0.15, 0.2) is 5.96 Å². The van der Waals surface area contributed by atoms with E-state index in [1.54, 1.807) is 18.2 Å². The predicted molar refractivity (Wildman–Crippen MR) is 119 cm³/mol. The number of nitrogens with zero attached hydrogens (tertiary/aromatic N) is 1. The number of aliphatic imine (C=N–C) groups is 1. The lowest BCUT2D eigenvalue weighted by Gasteiger charge is -2.10. The minimum Gasteiger partial charge on any atom is -0.496 e. The van der Waals surface area contributed by atoms with Gasteiger partial charge in [0.2, 0.25) is 0 Å². The highest BCUT2D eigenvalue weighted by molar-refractivity contribution is 14.0. The molecular formula is C20H26IN3O3. The van der Waals surface area contributed by atoms with Crippen LogP contribution in [0.4, 0.5) is 5.69 Å². The van der Waals surface area contributed by atoms with Crippen LogP contribution in [0.25, 0.3) is 0 Å². The Morgan fingerprint density at radius 2 is 1.93 bits per heavy atom. The summed E-state index contributed by atoms with van der Waals surface area (Å²) >= 11 is 0. The lowest BCUT2D eigenvalue weighted by Crippen LogP contribution is -2.22. The van der Waals surface area contributed by atoms with Crippen molar-refractivity contribution in [3.05, 3.63) is 59.2 Å². The molecule has 0 aliphatic rings. The number of hydrogen-bond donors (Lipinski definition) is 2. The summed E-state index contributed by atoms with van der Waals surface area (Å²) in [5.74, 6) is 0.765. The predicted octanol–water partition coefficient (Wildman–Crippen LogP) is 4.15. The molecule has 0 aliphatic heterocycles. The van der Waals surface area contributed by atoms with Crippen LogP contribution in [0.15, 0.2) is 47.5 Å². The van der Waals surface area contributed by atoms with Crippen LogP contribution in [-0.4, -0.2) is 26.1 Å². The van der Waals surface area contributed by atoms with Crippen LogP contribution in [0.5, 0.6) is 5.75 Å². The molecule has 0 spiro atoms.